The van der Waals surface area contributed by atoms with Crippen molar-refractivity contribution < 1.29 is 4.79 Å². The Morgan fingerprint density at radius 2 is 2.05 bits per heavy atom. The van der Waals surface area contributed by atoms with Gasteiger partial charge in [0.15, 0.2) is 0 Å². The molecule has 104 valence electrons. The zero-order chi connectivity index (χ0) is 14.8. The Morgan fingerprint density at radius 3 is 2.90 bits per heavy atom. The van der Waals surface area contributed by atoms with E-state index in [-0.39, 0.29) is 22.3 Å². The SMILES string of the molecule is Nc1cnc(Cl)cc1C(=O)Nc1cccc2ncccc12. The second-order valence-electron chi connectivity index (χ2n) is 4.42. The highest BCUT2D eigenvalue weighted by Gasteiger charge is 2.12. The lowest BCUT2D eigenvalue weighted by Gasteiger charge is -2.09. The number of carbonyl (C=O) groups is 1. The van der Waals surface area contributed by atoms with Crippen LogP contribution in [0.1, 0.15) is 10.4 Å². The van der Waals surface area contributed by atoms with E-state index >= 15 is 0 Å². The topological polar surface area (TPSA) is 80.9 Å². The van der Waals surface area contributed by atoms with E-state index in [1.807, 2.05) is 24.3 Å². The van der Waals surface area contributed by atoms with Crippen LogP contribution >= 0.6 is 11.6 Å². The number of rotatable bonds is 2. The Bertz CT molecular complexity index is 830. The van der Waals surface area contributed by atoms with Crippen molar-refractivity contribution in [3.63, 3.8) is 0 Å². The van der Waals surface area contributed by atoms with Crippen molar-refractivity contribution in [2.24, 2.45) is 0 Å². The number of benzene rings is 1. The molecular formula is C15H11ClN4O. The number of halogens is 1. The van der Waals surface area contributed by atoms with Crippen LogP contribution in [0.25, 0.3) is 10.9 Å². The van der Waals surface area contributed by atoms with Gasteiger partial charge in [0, 0.05) is 11.6 Å². The monoisotopic (exact) mass is 298 g/mol. The molecule has 2 aromatic heterocycles. The first-order valence-electron chi connectivity index (χ1n) is 6.21. The molecule has 2 heterocycles. The van der Waals surface area contributed by atoms with Gasteiger partial charge >= 0.3 is 0 Å². The predicted octanol–water partition coefficient (Wildman–Crippen LogP) is 3.12. The lowest BCUT2D eigenvalue weighted by Crippen LogP contribution is -2.14. The number of hydrogen-bond donors (Lipinski definition) is 2. The van der Waals surface area contributed by atoms with Crippen molar-refractivity contribution in [2.75, 3.05) is 11.1 Å². The second-order valence-corrected chi connectivity index (χ2v) is 4.81. The van der Waals surface area contributed by atoms with E-state index in [0.29, 0.717) is 5.69 Å². The Labute approximate surface area is 125 Å². The highest BCUT2D eigenvalue weighted by molar-refractivity contribution is 6.30. The van der Waals surface area contributed by atoms with Gasteiger partial charge in [-0.3, -0.25) is 9.78 Å². The number of pyridine rings is 2. The Kier molecular flexibility index (Phi) is 3.41. The molecule has 3 rings (SSSR count). The van der Waals surface area contributed by atoms with Crippen LogP contribution in [0.4, 0.5) is 11.4 Å². The molecule has 0 aliphatic heterocycles. The number of carbonyl (C=O) groups excluding carboxylic acids is 1. The number of fused-ring (bicyclic) bond motifs is 1. The summed E-state index contributed by atoms with van der Waals surface area (Å²) in [5.74, 6) is -0.340. The number of aromatic nitrogens is 2. The normalized spacial score (nSPS) is 10.5. The standard InChI is InChI=1S/C15H11ClN4O/c16-14-7-10(11(17)8-19-14)15(21)20-13-5-1-4-12-9(13)3-2-6-18-12/h1-8H,17H2,(H,20,21). The van der Waals surface area contributed by atoms with Gasteiger partial charge < -0.3 is 11.1 Å². The summed E-state index contributed by atoms with van der Waals surface area (Å²) in [5.41, 5.74) is 7.79. The van der Waals surface area contributed by atoms with Gasteiger partial charge in [-0.05, 0) is 30.3 Å². The van der Waals surface area contributed by atoms with E-state index in [0.717, 1.165) is 10.9 Å². The number of hydrogen-bond acceptors (Lipinski definition) is 4. The predicted molar refractivity (Wildman–Crippen MR) is 83.4 cm³/mol. The highest BCUT2D eigenvalue weighted by atomic mass is 35.5. The molecule has 1 aromatic carbocycles. The van der Waals surface area contributed by atoms with E-state index in [1.54, 1.807) is 12.3 Å². The Morgan fingerprint density at radius 1 is 1.19 bits per heavy atom. The number of amides is 1. The molecule has 21 heavy (non-hydrogen) atoms. The summed E-state index contributed by atoms with van der Waals surface area (Å²) >= 11 is 5.80. The number of nitrogens with two attached hydrogens (primary N) is 1. The first kappa shape index (κ1) is 13.3. The van der Waals surface area contributed by atoms with E-state index in [1.165, 1.54) is 12.3 Å². The maximum absolute atomic E-state index is 12.3. The molecule has 5 nitrogen and oxygen atoms in total. The molecule has 3 N–H and O–H groups in total. The zero-order valence-electron chi connectivity index (χ0n) is 10.9. The third-order valence-corrected chi connectivity index (χ3v) is 3.25. The summed E-state index contributed by atoms with van der Waals surface area (Å²) in [6.07, 6.45) is 3.07. The van der Waals surface area contributed by atoms with Crippen LogP contribution in [0.3, 0.4) is 0 Å². The minimum atomic E-state index is -0.340. The average Bonchev–Trinajstić information content (AvgIpc) is 2.50. The van der Waals surface area contributed by atoms with Crippen molar-refractivity contribution in [3.8, 4) is 0 Å². The minimum Gasteiger partial charge on any atom is -0.397 e. The molecule has 0 saturated carbocycles. The molecule has 0 spiro atoms. The Hall–Kier alpha value is -2.66. The van der Waals surface area contributed by atoms with Crippen molar-refractivity contribution in [3.05, 3.63) is 59.5 Å². The fraction of sp³-hybridized carbons (Fsp3) is 0. The minimum absolute atomic E-state index is 0.217. The molecule has 0 saturated heterocycles. The van der Waals surface area contributed by atoms with Crippen LogP contribution in [0.2, 0.25) is 5.15 Å². The summed E-state index contributed by atoms with van der Waals surface area (Å²) in [6.45, 7) is 0. The molecule has 0 aliphatic carbocycles. The first-order valence-corrected chi connectivity index (χ1v) is 6.59. The third kappa shape index (κ3) is 2.64. The molecular weight excluding hydrogens is 288 g/mol. The molecule has 1 amide bonds. The maximum Gasteiger partial charge on any atom is 0.257 e. The second kappa shape index (κ2) is 5.38. The lowest BCUT2D eigenvalue weighted by atomic mass is 10.1. The summed E-state index contributed by atoms with van der Waals surface area (Å²) in [5, 5.41) is 3.89. The molecule has 0 aliphatic rings. The van der Waals surface area contributed by atoms with Gasteiger partial charge in [0.25, 0.3) is 5.91 Å². The summed E-state index contributed by atoms with van der Waals surface area (Å²) in [7, 11) is 0. The quantitative estimate of drug-likeness (QED) is 0.712. The van der Waals surface area contributed by atoms with Gasteiger partial charge in [0.2, 0.25) is 0 Å². The molecule has 0 atom stereocenters. The van der Waals surface area contributed by atoms with Gasteiger partial charge in [-0.1, -0.05) is 17.7 Å². The molecule has 6 heteroatoms. The van der Waals surface area contributed by atoms with Crippen LogP contribution in [-0.2, 0) is 0 Å². The number of nitrogens with zero attached hydrogens (tertiary/aromatic N) is 2. The number of nitrogen functional groups attached to an aromatic ring is 1. The van der Waals surface area contributed by atoms with E-state index < -0.39 is 0 Å². The van der Waals surface area contributed by atoms with Gasteiger partial charge in [-0.15, -0.1) is 0 Å². The first-order chi connectivity index (χ1) is 10.1. The van der Waals surface area contributed by atoms with Crippen molar-refractivity contribution in [1.82, 2.24) is 9.97 Å². The molecule has 0 unspecified atom stereocenters. The average molecular weight is 299 g/mol. The summed E-state index contributed by atoms with van der Waals surface area (Å²) in [6, 6.07) is 10.7. The molecule has 0 bridgehead atoms. The van der Waals surface area contributed by atoms with E-state index in [2.05, 4.69) is 15.3 Å². The van der Waals surface area contributed by atoms with Gasteiger partial charge in [-0.25, -0.2) is 4.98 Å². The smallest absolute Gasteiger partial charge is 0.257 e. The summed E-state index contributed by atoms with van der Waals surface area (Å²) in [4.78, 5) is 20.4. The third-order valence-electron chi connectivity index (χ3n) is 3.04. The van der Waals surface area contributed by atoms with E-state index in [4.69, 9.17) is 17.3 Å². The molecule has 0 radical (unpaired) electrons. The largest absolute Gasteiger partial charge is 0.397 e. The molecule has 0 fully saturated rings. The van der Waals surface area contributed by atoms with Gasteiger partial charge in [0.05, 0.1) is 28.7 Å². The van der Waals surface area contributed by atoms with Gasteiger partial charge in [0.1, 0.15) is 5.15 Å². The zero-order valence-corrected chi connectivity index (χ0v) is 11.6. The van der Waals surface area contributed by atoms with Crippen molar-refractivity contribution in [2.45, 2.75) is 0 Å². The lowest BCUT2D eigenvalue weighted by molar-refractivity contribution is 0.102. The van der Waals surface area contributed by atoms with Gasteiger partial charge in [-0.2, -0.15) is 0 Å². The van der Waals surface area contributed by atoms with Crippen molar-refractivity contribution in [1.29, 1.82) is 0 Å². The van der Waals surface area contributed by atoms with Crippen LogP contribution in [-0.4, -0.2) is 15.9 Å². The summed E-state index contributed by atoms with van der Waals surface area (Å²) < 4.78 is 0. The number of nitrogens with one attached hydrogen (secondary N) is 1. The fourth-order valence-corrected chi connectivity index (χ4v) is 2.20. The van der Waals surface area contributed by atoms with Crippen LogP contribution in [0, 0.1) is 0 Å². The highest BCUT2D eigenvalue weighted by Crippen LogP contribution is 2.23. The molecule has 3 aromatic rings. The fourth-order valence-electron chi connectivity index (χ4n) is 2.04. The number of anilines is 2. The van der Waals surface area contributed by atoms with Crippen LogP contribution < -0.4 is 11.1 Å². The van der Waals surface area contributed by atoms with Crippen molar-refractivity contribution >= 4 is 39.8 Å². The maximum atomic E-state index is 12.3. The van der Waals surface area contributed by atoms with Crippen LogP contribution in [0.15, 0.2) is 48.8 Å². The van der Waals surface area contributed by atoms with Crippen LogP contribution in [0.5, 0.6) is 0 Å². The van der Waals surface area contributed by atoms with E-state index in [9.17, 15) is 4.79 Å². The Balaban J connectivity index is 1.99.